The van der Waals surface area contributed by atoms with Gasteiger partial charge in [0.05, 0.1) is 15.4 Å². The van der Waals surface area contributed by atoms with Gasteiger partial charge in [-0.3, -0.25) is 0 Å². The van der Waals surface area contributed by atoms with E-state index in [-0.39, 0.29) is 5.82 Å². The number of benzene rings is 1. The number of halogens is 2. The number of nitrogens with zero attached hydrogens (tertiary/aromatic N) is 1. The van der Waals surface area contributed by atoms with E-state index in [1.807, 2.05) is 18.2 Å². The predicted molar refractivity (Wildman–Crippen MR) is 71.9 cm³/mol. The van der Waals surface area contributed by atoms with Crippen LogP contribution in [0.2, 0.25) is 0 Å². The maximum Gasteiger partial charge on any atom is 0.131 e. The Hall–Kier alpha value is -1.44. The number of nitriles is 1. The second kappa shape index (κ2) is 5.26. The molecule has 17 heavy (non-hydrogen) atoms. The Labute approximate surface area is 111 Å². The molecule has 0 spiro atoms. The molecule has 0 atom stereocenters. The van der Waals surface area contributed by atoms with Gasteiger partial charge in [-0.25, -0.2) is 4.39 Å². The summed E-state index contributed by atoms with van der Waals surface area (Å²) < 4.78 is 14.5. The number of thiophene rings is 1. The first-order chi connectivity index (χ1) is 8.20. The fraction of sp³-hybridized carbons (Fsp3) is 0. The highest BCUT2D eigenvalue weighted by Crippen LogP contribution is 2.27. The molecule has 0 amide bonds. The van der Waals surface area contributed by atoms with Gasteiger partial charge in [0.1, 0.15) is 5.82 Å². The molecule has 0 aliphatic rings. The molecule has 2 rings (SSSR count). The van der Waals surface area contributed by atoms with E-state index in [2.05, 4.69) is 15.9 Å². The fourth-order valence-corrected chi connectivity index (χ4v) is 2.77. The monoisotopic (exact) mass is 307 g/mol. The molecule has 0 aliphatic heterocycles. The van der Waals surface area contributed by atoms with E-state index < -0.39 is 0 Å². The topological polar surface area (TPSA) is 23.8 Å². The standard InChI is InChI=1S/C13H7BrFNS/c14-13-6-5-10(17-13)7-9(8-16)11-3-1-2-4-12(11)15/h1-7H. The lowest BCUT2D eigenvalue weighted by Gasteiger charge is -1.99. The molecule has 2 aromatic rings. The number of hydrogen-bond donors (Lipinski definition) is 0. The quantitative estimate of drug-likeness (QED) is 0.737. The molecule has 1 nitrogen and oxygen atoms in total. The zero-order valence-corrected chi connectivity index (χ0v) is 11.1. The molecule has 0 N–H and O–H groups in total. The van der Waals surface area contributed by atoms with Crippen molar-refractivity contribution in [3.63, 3.8) is 0 Å². The zero-order chi connectivity index (χ0) is 12.3. The molecular weight excluding hydrogens is 301 g/mol. The van der Waals surface area contributed by atoms with Gasteiger partial charge in [-0.2, -0.15) is 5.26 Å². The molecule has 4 heteroatoms. The molecule has 0 fully saturated rings. The van der Waals surface area contributed by atoms with Gasteiger partial charge in [0, 0.05) is 10.4 Å². The van der Waals surface area contributed by atoms with Gasteiger partial charge in [0.25, 0.3) is 0 Å². The minimum atomic E-state index is -0.379. The van der Waals surface area contributed by atoms with Crippen LogP contribution in [0.3, 0.4) is 0 Å². The highest BCUT2D eigenvalue weighted by atomic mass is 79.9. The van der Waals surface area contributed by atoms with E-state index in [1.54, 1.807) is 24.3 Å². The first-order valence-corrected chi connectivity index (χ1v) is 6.43. The van der Waals surface area contributed by atoms with Gasteiger partial charge < -0.3 is 0 Å². The smallest absolute Gasteiger partial charge is 0.131 e. The van der Waals surface area contributed by atoms with Crippen LogP contribution in [0.5, 0.6) is 0 Å². The van der Waals surface area contributed by atoms with Crippen molar-refractivity contribution < 1.29 is 4.39 Å². The van der Waals surface area contributed by atoms with Gasteiger partial charge in [-0.15, -0.1) is 11.3 Å². The van der Waals surface area contributed by atoms with Crippen LogP contribution >= 0.6 is 27.3 Å². The van der Waals surface area contributed by atoms with E-state index in [0.29, 0.717) is 11.1 Å². The Morgan fingerprint density at radius 2 is 2.06 bits per heavy atom. The summed E-state index contributed by atoms with van der Waals surface area (Å²) in [5.41, 5.74) is 0.664. The van der Waals surface area contributed by atoms with Crippen molar-refractivity contribution in [1.29, 1.82) is 5.26 Å². The number of hydrogen-bond acceptors (Lipinski definition) is 2. The van der Waals surface area contributed by atoms with Crippen molar-refractivity contribution in [2.45, 2.75) is 0 Å². The molecule has 0 saturated heterocycles. The molecular formula is C13H7BrFNS. The Bertz CT molecular complexity index is 610. The van der Waals surface area contributed by atoms with Gasteiger partial charge in [0.15, 0.2) is 0 Å². The first kappa shape index (κ1) is 12.0. The molecule has 84 valence electrons. The largest absolute Gasteiger partial charge is 0.206 e. The molecule has 0 unspecified atom stereocenters. The zero-order valence-electron chi connectivity index (χ0n) is 8.65. The van der Waals surface area contributed by atoms with Crippen LogP contribution in [-0.2, 0) is 0 Å². The van der Waals surface area contributed by atoms with Crippen LogP contribution in [0.25, 0.3) is 11.6 Å². The lowest BCUT2D eigenvalue weighted by Crippen LogP contribution is -1.86. The predicted octanol–water partition coefficient (Wildman–Crippen LogP) is 4.71. The number of allylic oxidation sites excluding steroid dienone is 1. The van der Waals surface area contributed by atoms with Gasteiger partial charge >= 0.3 is 0 Å². The van der Waals surface area contributed by atoms with Crippen molar-refractivity contribution in [1.82, 2.24) is 0 Å². The van der Waals surface area contributed by atoms with Gasteiger partial charge in [0.2, 0.25) is 0 Å². The molecule has 0 bridgehead atoms. The van der Waals surface area contributed by atoms with Gasteiger partial charge in [-0.05, 0) is 40.2 Å². The summed E-state index contributed by atoms with van der Waals surface area (Å²) in [4.78, 5) is 0.914. The highest BCUT2D eigenvalue weighted by Gasteiger charge is 2.07. The van der Waals surface area contributed by atoms with Crippen LogP contribution < -0.4 is 0 Å². The van der Waals surface area contributed by atoms with E-state index in [4.69, 9.17) is 5.26 Å². The van der Waals surface area contributed by atoms with E-state index >= 15 is 0 Å². The Morgan fingerprint density at radius 3 is 2.65 bits per heavy atom. The summed E-state index contributed by atoms with van der Waals surface area (Å²) in [6, 6.07) is 12.1. The maximum atomic E-state index is 13.5. The lowest BCUT2D eigenvalue weighted by molar-refractivity contribution is 0.624. The maximum absolute atomic E-state index is 13.5. The summed E-state index contributed by atoms with van der Waals surface area (Å²) in [5.74, 6) is -0.379. The Kier molecular flexibility index (Phi) is 3.72. The molecule has 1 aromatic heterocycles. The van der Waals surface area contributed by atoms with E-state index in [9.17, 15) is 4.39 Å². The van der Waals surface area contributed by atoms with Crippen LogP contribution in [0, 0.1) is 17.1 Å². The van der Waals surface area contributed by atoms with Crippen molar-refractivity contribution >= 4 is 38.9 Å². The summed E-state index contributed by atoms with van der Waals surface area (Å²) >= 11 is 4.85. The molecule has 1 aromatic carbocycles. The van der Waals surface area contributed by atoms with Crippen molar-refractivity contribution in [3.8, 4) is 6.07 Å². The van der Waals surface area contributed by atoms with Crippen molar-refractivity contribution in [2.24, 2.45) is 0 Å². The van der Waals surface area contributed by atoms with Crippen LogP contribution in [0.4, 0.5) is 4.39 Å². The average Bonchev–Trinajstić information content (AvgIpc) is 2.73. The van der Waals surface area contributed by atoms with Crippen LogP contribution in [-0.4, -0.2) is 0 Å². The second-order valence-electron chi connectivity index (χ2n) is 3.29. The van der Waals surface area contributed by atoms with Crippen LogP contribution in [0.1, 0.15) is 10.4 Å². The molecule has 0 radical (unpaired) electrons. The Morgan fingerprint density at radius 1 is 1.29 bits per heavy atom. The van der Waals surface area contributed by atoms with E-state index in [0.717, 1.165) is 8.66 Å². The summed E-state index contributed by atoms with van der Waals surface area (Å²) in [6.07, 6.45) is 1.69. The Balaban J connectivity index is 2.45. The fourth-order valence-electron chi connectivity index (χ4n) is 1.40. The number of rotatable bonds is 2. The average molecular weight is 308 g/mol. The summed E-state index contributed by atoms with van der Waals surface area (Å²) in [7, 11) is 0. The molecule has 0 saturated carbocycles. The highest BCUT2D eigenvalue weighted by molar-refractivity contribution is 9.11. The third-order valence-corrected chi connectivity index (χ3v) is 3.74. The van der Waals surface area contributed by atoms with Gasteiger partial charge in [-0.1, -0.05) is 18.2 Å². The first-order valence-electron chi connectivity index (χ1n) is 4.83. The molecule has 1 heterocycles. The summed E-state index contributed by atoms with van der Waals surface area (Å²) in [6.45, 7) is 0. The minimum absolute atomic E-state index is 0.331. The normalized spacial score (nSPS) is 11.2. The lowest BCUT2D eigenvalue weighted by atomic mass is 10.1. The summed E-state index contributed by atoms with van der Waals surface area (Å²) in [5, 5.41) is 9.08. The van der Waals surface area contributed by atoms with Crippen molar-refractivity contribution in [3.05, 3.63) is 56.4 Å². The third-order valence-electron chi connectivity index (χ3n) is 2.17. The minimum Gasteiger partial charge on any atom is -0.206 e. The van der Waals surface area contributed by atoms with E-state index in [1.165, 1.54) is 17.4 Å². The molecule has 0 aliphatic carbocycles. The second-order valence-corrected chi connectivity index (χ2v) is 5.79. The third kappa shape index (κ3) is 2.82. The van der Waals surface area contributed by atoms with Crippen LogP contribution in [0.15, 0.2) is 40.2 Å². The van der Waals surface area contributed by atoms with Crippen molar-refractivity contribution in [2.75, 3.05) is 0 Å². The SMILES string of the molecule is N#CC(=Cc1ccc(Br)s1)c1ccccc1F.